The van der Waals surface area contributed by atoms with Crippen LogP contribution >= 0.6 is 15.9 Å². The molecule has 0 unspecified atom stereocenters. The molecule has 13 heteroatoms. The Morgan fingerprint density at radius 2 is 1.73 bits per heavy atom. The summed E-state index contributed by atoms with van der Waals surface area (Å²) in [5, 5.41) is 10.7. The van der Waals surface area contributed by atoms with E-state index in [1.54, 1.807) is 22.9 Å². The first-order valence-electron chi connectivity index (χ1n) is 18.2. The topological polar surface area (TPSA) is 129 Å². The lowest BCUT2D eigenvalue weighted by molar-refractivity contribution is -0.164. The van der Waals surface area contributed by atoms with Gasteiger partial charge in [0.1, 0.15) is 29.8 Å². The third-order valence-electron chi connectivity index (χ3n) is 11.2. The first-order valence-corrected chi connectivity index (χ1v) is 19.0. The second kappa shape index (κ2) is 15.9. The van der Waals surface area contributed by atoms with Crippen LogP contribution in [0.5, 0.6) is 0 Å². The van der Waals surface area contributed by atoms with Crippen molar-refractivity contribution in [1.29, 1.82) is 0 Å². The van der Waals surface area contributed by atoms with Gasteiger partial charge in [-0.2, -0.15) is 0 Å². The van der Waals surface area contributed by atoms with Gasteiger partial charge in [0.05, 0.1) is 37.8 Å². The van der Waals surface area contributed by atoms with E-state index in [1.807, 2.05) is 63.3 Å². The largest absolute Gasteiger partial charge is 0.455 e. The van der Waals surface area contributed by atoms with Crippen molar-refractivity contribution in [3.8, 4) is 0 Å². The third-order valence-corrected chi connectivity index (χ3v) is 11.8. The van der Waals surface area contributed by atoms with E-state index in [9.17, 15) is 19.5 Å². The number of aliphatic hydroxyl groups is 1. The number of hydrogen-bond acceptors (Lipinski definition) is 9. The average Bonchev–Trinajstić information content (AvgIpc) is 3.73. The number of amides is 3. The van der Waals surface area contributed by atoms with Crippen LogP contribution < -0.4 is 0 Å². The molecule has 0 radical (unpaired) electrons. The number of cyclic esters (lactones) is 1. The number of likely N-dealkylation sites (N-methyl/N-ethyl adjacent to an activating group) is 1. The average molecular weight is 772 g/mol. The van der Waals surface area contributed by atoms with Crippen LogP contribution in [-0.4, -0.2) is 138 Å². The summed E-state index contributed by atoms with van der Waals surface area (Å²) in [5.41, 5.74) is -0.744. The minimum absolute atomic E-state index is 0.105. The Labute approximate surface area is 308 Å². The zero-order valence-corrected chi connectivity index (χ0v) is 31.6. The minimum atomic E-state index is -1.46. The van der Waals surface area contributed by atoms with E-state index in [0.29, 0.717) is 49.2 Å². The summed E-state index contributed by atoms with van der Waals surface area (Å²) in [4.78, 5) is 65.0. The van der Waals surface area contributed by atoms with Crippen LogP contribution in [0.4, 0.5) is 0 Å². The van der Waals surface area contributed by atoms with Gasteiger partial charge in [0.2, 0.25) is 17.7 Å². The molecule has 51 heavy (non-hydrogen) atoms. The molecule has 1 aromatic carbocycles. The molecule has 1 N–H and O–H groups in total. The zero-order chi connectivity index (χ0) is 36.4. The molecular weight excluding hydrogens is 720 g/mol. The molecule has 0 aromatic heterocycles. The van der Waals surface area contributed by atoms with Gasteiger partial charge in [-0.1, -0.05) is 72.3 Å². The predicted molar refractivity (Wildman–Crippen MR) is 192 cm³/mol. The summed E-state index contributed by atoms with van der Waals surface area (Å²) in [6.07, 6.45) is 5.10. The van der Waals surface area contributed by atoms with Crippen molar-refractivity contribution >= 4 is 39.6 Å². The maximum Gasteiger partial charge on any atom is 0.313 e. The smallest absolute Gasteiger partial charge is 0.313 e. The fourth-order valence-electron chi connectivity index (χ4n) is 8.39. The Hall–Kier alpha value is -3.10. The Morgan fingerprint density at radius 3 is 2.41 bits per heavy atom. The summed E-state index contributed by atoms with van der Waals surface area (Å²) < 4.78 is 19.2. The lowest BCUT2D eigenvalue weighted by Crippen LogP contribution is -2.59. The van der Waals surface area contributed by atoms with Gasteiger partial charge < -0.3 is 34.0 Å². The number of carbonyl (C=O) groups excluding carboxylic acids is 4. The molecule has 0 saturated carbocycles. The van der Waals surface area contributed by atoms with Gasteiger partial charge >= 0.3 is 5.97 Å². The van der Waals surface area contributed by atoms with Gasteiger partial charge in [-0.15, -0.1) is 0 Å². The number of allylic oxidation sites excluding steroid dienone is 1. The number of fused-ring (bicyclic) bond motifs is 2. The molecule has 3 amide bonds. The summed E-state index contributed by atoms with van der Waals surface area (Å²) in [6.45, 7) is 9.51. The number of morpholine rings is 1. The van der Waals surface area contributed by atoms with Gasteiger partial charge in [0.15, 0.2) is 0 Å². The molecule has 5 aliphatic heterocycles. The Balaban J connectivity index is 1.44. The van der Waals surface area contributed by atoms with Crippen molar-refractivity contribution in [2.24, 2.45) is 17.8 Å². The van der Waals surface area contributed by atoms with Crippen molar-refractivity contribution in [1.82, 2.24) is 19.6 Å². The monoisotopic (exact) mass is 770 g/mol. The van der Waals surface area contributed by atoms with Gasteiger partial charge in [0.25, 0.3) is 0 Å². The summed E-state index contributed by atoms with van der Waals surface area (Å²) >= 11 is 3.64. The Morgan fingerprint density at radius 1 is 1.00 bits per heavy atom. The molecule has 1 aromatic rings. The second-order valence-corrected chi connectivity index (χ2v) is 15.7. The molecule has 0 aliphatic carbocycles. The van der Waals surface area contributed by atoms with E-state index in [1.165, 1.54) is 4.90 Å². The standard InChI is InChI=1S/C38H51BrN4O8/c1-24(2)21-27(23-44)43-34-36(47)42(16-15-41-17-19-49-20-18-41)14-10-6-9-13-29(45)40(4)25(3)32(26-11-7-5-8-12-26)50-37(48)30-31(35(43)46)38(34)22-28(39)33(30)51-38/h5-8,10-12,22,24-25,27,30-34,44H,9,13-21,23H2,1-4H3/b10-6-/t25-,27-,30+,31-,32+,33+,34+,38-/m1/s1. The van der Waals surface area contributed by atoms with E-state index in [2.05, 4.69) is 20.8 Å². The normalized spacial score (nSPS) is 33.5. The van der Waals surface area contributed by atoms with Gasteiger partial charge in [-0.25, -0.2) is 0 Å². The van der Waals surface area contributed by atoms with Crippen LogP contribution in [0, 0.1) is 17.8 Å². The van der Waals surface area contributed by atoms with E-state index < -0.39 is 59.6 Å². The molecule has 3 saturated heterocycles. The fraction of sp³-hybridized carbons (Fsp3) is 0.632. The first kappa shape index (κ1) is 37.7. The molecule has 12 nitrogen and oxygen atoms in total. The number of nitrogens with zero attached hydrogens (tertiary/aromatic N) is 4. The summed E-state index contributed by atoms with van der Waals surface area (Å²) in [5.74, 6) is -3.46. The van der Waals surface area contributed by atoms with E-state index in [-0.39, 0.29) is 37.3 Å². The van der Waals surface area contributed by atoms with E-state index in [4.69, 9.17) is 14.2 Å². The van der Waals surface area contributed by atoms with Gasteiger partial charge in [-0.3, -0.25) is 24.1 Å². The quantitative estimate of drug-likeness (QED) is 0.314. The fourth-order valence-corrected chi connectivity index (χ4v) is 9.13. The molecule has 5 aliphatic rings. The molecule has 5 heterocycles. The van der Waals surface area contributed by atoms with Crippen LogP contribution in [0.25, 0.3) is 0 Å². The highest BCUT2D eigenvalue weighted by molar-refractivity contribution is 9.11. The van der Waals surface area contributed by atoms with Crippen LogP contribution in [0.1, 0.15) is 51.7 Å². The third kappa shape index (κ3) is 7.29. The highest BCUT2D eigenvalue weighted by atomic mass is 79.9. The van der Waals surface area contributed by atoms with Crippen LogP contribution in [0.2, 0.25) is 0 Å². The molecule has 278 valence electrons. The Kier molecular flexibility index (Phi) is 11.7. The SMILES string of the molecule is CC(C)C[C@H](CO)N1C(=O)[C@H]2[C@@H]3C(=O)O[C@H](c4ccccc4)[C@@H](C)N(C)C(=O)CC/C=C\CN(CCN4CCOCC4)C(=O)[C@H]1[C@@]21C=C(Br)[C@@H]3O1. The van der Waals surface area contributed by atoms with Gasteiger partial charge in [-0.05, 0) is 37.3 Å². The molecule has 6 rings (SSSR count). The van der Waals surface area contributed by atoms with Crippen molar-refractivity contribution in [2.45, 2.75) is 76.0 Å². The number of benzene rings is 1. The number of esters is 1. The van der Waals surface area contributed by atoms with Crippen molar-refractivity contribution in [3.63, 3.8) is 0 Å². The van der Waals surface area contributed by atoms with E-state index >= 15 is 4.79 Å². The highest BCUT2D eigenvalue weighted by Crippen LogP contribution is 2.59. The van der Waals surface area contributed by atoms with Crippen molar-refractivity contribution in [3.05, 3.63) is 58.6 Å². The van der Waals surface area contributed by atoms with Crippen molar-refractivity contribution < 1.29 is 38.5 Å². The van der Waals surface area contributed by atoms with E-state index in [0.717, 1.165) is 13.1 Å². The lowest BCUT2D eigenvalue weighted by Gasteiger charge is -2.39. The zero-order valence-electron chi connectivity index (χ0n) is 30.0. The summed E-state index contributed by atoms with van der Waals surface area (Å²) in [6, 6.07) is 6.96. The number of ether oxygens (including phenoxy) is 3. The molecular formula is C38H51BrN4O8. The number of aliphatic hydroxyl groups excluding tert-OH is 1. The minimum Gasteiger partial charge on any atom is -0.455 e. The van der Waals surface area contributed by atoms with Crippen LogP contribution in [0.15, 0.2) is 53.0 Å². The maximum atomic E-state index is 15.1. The molecule has 8 atom stereocenters. The number of hydrogen-bond donors (Lipinski definition) is 1. The van der Waals surface area contributed by atoms with Crippen molar-refractivity contribution in [2.75, 3.05) is 59.6 Å². The molecule has 1 spiro atoms. The van der Waals surface area contributed by atoms with Crippen LogP contribution in [-0.2, 0) is 33.4 Å². The van der Waals surface area contributed by atoms with Crippen LogP contribution in [0.3, 0.4) is 0 Å². The maximum absolute atomic E-state index is 15.1. The predicted octanol–water partition coefficient (Wildman–Crippen LogP) is 2.91. The highest BCUT2D eigenvalue weighted by Gasteiger charge is 2.75. The number of carbonyl (C=O) groups is 4. The molecule has 3 fully saturated rings. The number of rotatable bonds is 8. The summed E-state index contributed by atoms with van der Waals surface area (Å²) in [7, 11) is 1.71. The number of likely N-dealkylation sites (tertiary alicyclic amines) is 1. The lowest BCUT2D eigenvalue weighted by atomic mass is 9.74. The first-order chi connectivity index (χ1) is 24.5. The molecule has 5 bridgehead atoms. The van der Waals surface area contributed by atoms with Gasteiger partial charge in [0, 0.05) is 50.7 Å². The Bertz CT molecular complexity index is 1520. The number of halogens is 1. The second-order valence-electron chi connectivity index (χ2n) is 14.8.